The van der Waals surface area contributed by atoms with Crippen LogP contribution in [0.1, 0.15) is 82.3 Å². The number of hydrogen-bond acceptors (Lipinski definition) is 6. The van der Waals surface area contributed by atoms with Crippen LogP contribution in [0.25, 0.3) is 0 Å². The molecule has 3 aliphatic rings. The molecule has 2 fully saturated rings. The molecule has 3 N–H and O–H groups in total. The van der Waals surface area contributed by atoms with Crippen LogP contribution in [0.4, 0.5) is 11.8 Å². The zero-order valence-electron chi connectivity index (χ0n) is 20.4. The highest BCUT2D eigenvalue weighted by molar-refractivity contribution is 7.89. The van der Waals surface area contributed by atoms with Crippen LogP contribution >= 0.6 is 0 Å². The minimum atomic E-state index is -3.53. The highest BCUT2D eigenvalue weighted by Crippen LogP contribution is 2.37. The molecule has 0 saturated heterocycles. The topological polar surface area (TPSA) is 107 Å². The van der Waals surface area contributed by atoms with Gasteiger partial charge in [-0.05, 0) is 74.2 Å². The van der Waals surface area contributed by atoms with E-state index in [4.69, 9.17) is 4.98 Å². The molecule has 0 bridgehead atoms. The summed E-state index contributed by atoms with van der Waals surface area (Å²) in [6.07, 6.45) is 11.1. The van der Waals surface area contributed by atoms with Gasteiger partial charge in [-0.25, -0.2) is 17.7 Å². The summed E-state index contributed by atoms with van der Waals surface area (Å²) in [5, 5.41) is 13.3. The number of benzene rings is 1. The van der Waals surface area contributed by atoms with Crippen LogP contribution in [0.3, 0.4) is 0 Å². The summed E-state index contributed by atoms with van der Waals surface area (Å²) in [6, 6.07) is 7.47. The Kier molecular flexibility index (Phi) is 7.18. The largest absolute Gasteiger partial charge is 0.393 e. The molecule has 1 aromatic heterocycles. The number of nitrogens with zero attached hydrogens (tertiary/aromatic N) is 3. The van der Waals surface area contributed by atoms with Crippen LogP contribution in [0.5, 0.6) is 0 Å². The van der Waals surface area contributed by atoms with Crippen molar-refractivity contribution in [1.29, 1.82) is 0 Å². The minimum Gasteiger partial charge on any atom is -0.393 e. The Hall–Kier alpha value is -2.36. The second-order valence-electron chi connectivity index (χ2n) is 10.0. The average molecular weight is 499 g/mol. The maximum Gasteiger partial charge on any atom is 0.341 e. The molecule has 1 aliphatic heterocycles. The number of rotatable bonds is 9. The normalized spacial score (nSPS) is 22.7. The van der Waals surface area contributed by atoms with Gasteiger partial charge in [-0.2, -0.15) is 4.98 Å². The Balaban J connectivity index is 1.43. The van der Waals surface area contributed by atoms with Crippen LogP contribution in [-0.2, 0) is 10.0 Å². The SMILES string of the molecule is CCCCNc1ncc2c(n1)[N+](C1CCC(O)CC1)=C2c1ccc(S(=O)(=O)NC2CCCC2)cc1. The zero-order chi connectivity index (χ0) is 24.4. The molecule has 0 radical (unpaired) electrons. The van der Waals surface area contributed by atoms with Gasteiger partial charge in [0.25, 0.3) is 0 Å². The number of aliphatic hydroxyl groups excluding tert-OH is 1. The number of fused-ring (bicyclic) bond motifs is 1. The van der Waals surface area contributed by atoms with E-state index in [2.05, 4.69) is 26.5 Å². The van der Waals surface area contributed by atoms with Crippen molar-refractivity contribution in [2.24, 2.45) is 0 Å². The number of nitrogens with one attached hydrogen (secondary N) is 2. The lowest BCUT2D eigenvalue weighted by atomic mass is 9.88. The molecule has 0 spiro atoms. The van der Waals surface area contributed by atoms with Crippen LogP contribution < -0.4 is 10.0 Å². The van der Waals surface area contributed by atoms with Crippen LogP contribution in [0.2, 0.25) is 0 Å². The Morgan fingerprint density at radius 2 is 1.77 bits per heavy atom. The summed E-state index contributed by atoms with van der Waals surface area (Å²) in [4.78, 5) is 9.64. The van der Waals surface area contributed by atoms with E-state index in [-0.39, 0.29) is 18.2 Å². The molecular weight excluding hydrogens is 462 g/mol. The molecule has 2 heterocycles. The minimum absolute atomic E-state index is 0.0435. The number of unbranched alkanes of at least 4 members (excludes halogenated alkanes) is 1. The predicted molar refractivity (Wildman–Crippen MR) is 136 cm³/mol. The van der Waals surface area contributed by atoms with E-state index in [9.17, 15) is 13.5 Å². The standard InChI is InChI=1S/C26H35N5O3S/c1-2-3-16-27-26-28-17-23-24(31(25(23)29-26)20-10-12-21(32)13-11-20)18-8-14-22(15-9-18)35(33,34)30-19-6-4-5-7-19/h8-9,14-15,17,19-21,30,32H,2-7,10-13,16H2,1H3/p+1. The molecule has 188 valence electrons. The fourth-order valence-corrected chi connectivity index (χ4v) is 6.76. The zero-order valence-corrected chi connectivity index (χ0v) is 21.2. The summed E-state index contributed by atoms with van der Waals surface area (Å²) in [5.41, 5.74) is 2.98. The highest BCUT2D eigenvalue weighted by atomic mass is 32.2. The summed E-state index contributed by atoms with van der Waals surface area (Å²) in [7, 11) is -3.53. The number of hydrogen-bond donors (Lipinski definition) is 3. The van der Waals surface area contributed by atoms with Gasteiger partial charge in [0, 0.05) is 18.2 Å². The van der Waals surface area contributed by atoms with Crippen molar-refractivity contribution in [3.8, 4) is 0 Å². The maximum atomic E-state index is 12.9. The lowest BCUT2D eigenvalue weighted by Crippen LogP contribution is -2.41. The number of sulfonamides is 1. The average Bonchev–Trinajstić information content (AvgIpc) is 3.34. The first-order valence-corrected chi connectivity index (χ1v) is 14.5. The fraction of sp³-hybridized carbons (Fsp3) is 0.577. The number of aliphatic hydroxyl groups is 1. The van der Waals surface area contributed by atoms with Crippen LogP contribution in [0, 0.1) is 0 Å². The summed E-state index contributed by atoms with van der Waals surface area (Å²) >= 11 is 0. The van der Waals surface area contributed by atoms with E-state index in [1.165, 1.54) is 0 Å². The monoisotopic (exact) mass is 498 g/mol. The van der Waals surface area contributed by atoms with Gasteiger partial charge in [0.05, 0.1) is 17.2 Å². The molecule has 9 heteroatoms. The van der Waals surface area contributed by atoms with Crippen molar-refractivity contribution in [3.63, 3.8) is 0 Å². The van der Waals surface area contributed by atoms with Crippen molar-refractivity contribution < 1.29 is 18.1 Å². The molecule has 1 aromatic carbocycles. The van der Waals surface area contributed by atoms with Gasteiger partial charge in [0.15, 0.2) is 5.71 Å². The van der Waals surface area contributed by atoms with Gasteiger partial charge >= 0.3 is 11.8 Å². The highest BCUT2D eigenvalue weighted by Gasteiger charge is 2.42. The first-order chi connectivity index (χ1) is 17.0. The molecular formula is C26H36N5O3S+. The molecule has 5 rings (SSSR count). The molecule has 2 saturated carbocycles. The lowest BCUT2D eigenvalue weighted by molar-refractivity contribution is -0.504. The third kappa shape index (κ3) is 5.13. The molecule has 0 atom stereocenters. The van der Waals surface area contributed by atoms with E-state index < -0.39 is 10.0 Å². The van der Waals surface area contributed by atoms with Gasteiger partial charge in [-0.3, -0.25) is 0 Å². The molecule has 2 aromatic rings. The van der Waals surface area contributed by atoms with E-state index in [1.54, 1.807) is 12.1 Å². The summed E-state index contributed by atoms with van der Waals surface area (Å²) in [6.45, 7) is 2.99. The van der Waals surface area contributed by atoms with E-state index in [1.807, 2.05) is 18.3 Å². The first-order valence-electron chi connectivity index (χ1n) is 13.0. The Morgan fingerprint density at radius 1 is 1.06 bits per heavy atom. The summed E-state index contributed by atoms with van der Waals surface area (Å²) in [5.74, 6) is 1.55. The number of aromatic nitrogens is 2. The van der Waals surface area contributed by atoms with E-state index >= 15 is 0 Å². The summed E-state index contributed by atoms with van der Waals surface area (Å²) < 4.78 is 30.9. The quantitative estimate of drug-likeness (QED) is 0.359. The Morgan fingerprint density at radius 3 is 2.46 bits per heavy atom. The van der Waals surface area contributed by atoms with Gasteiger partial charge in [0.1, 0.15) is 11.6 Å². The third-order valence-corrected chi connectivity index (χ3v) is 8.99. The second kappa shape index (κ2) is 10.3. The molecule has 8 nitrogen and oxygen atoms in total. The van der Waals surface area contributed by atoms with Crippen LogP contribution in [0.15, 0.2) is 35.4 Å². The van der Waals surface area contributed by atoms with E-state index in [0.717, 1.165) is 93.4 Å². The van der Waals surface area contributed by atoms with Gasteiger partial charge in [-0.15, -0.1) is 0 Å². The lowest BCUT2D eigenvalue weighted by Gasteiger charge is -2.31. The molecule has 0 amide bonds. The third-order valence-electron chi connectivity index (χ3n) is 7.45. The van der Waals surface area contributed by atoms with Gasteiger partial charge in [-0.1, -0.05) is 26.2 Å². The first kappa shape index (κ1) is 24.3. The Labute approximate surface area is 208 Å². The molecule has 0 unspecified atom stereocenters. The van der Waals surface area contributed by atoms with Crippen molar-refractivity contribution in [2.75, 3.05) is 11.9 Å². The van der Waals surface area contributed by atoms with Crippen molar-refractivity contribution in [2.45, 2.75) is 94.2 Å². The van der Waals surface area contributed by atoms with Crippen molar-refractivity contribution in [3.05, 3.63) is 41.6 Å². The van der Waals surface area contributed by atoms with Crippen molar-refractivity contribution >= 4 is 27.5 Å². The van der Waals surface area contributed by atoms with Crippen molar-refractivity contribution in [1.82, 2.24) is 14.7 Å². The fourth-order valence-electron chi connectivity index (χ4n) is 5.46. The number of anilines is 1. The maximum absolute atomic E-state index is 12.9. The Bertz CT molecular complexity index is 1180. The van der Waals surface area contributed by atoms with Gasteiger partial charge in [0.2, 0.25) is 10.0 Å². The molecule has 2 aliphatic carbocycles. The smallest absolute Gasteiger partial charge is 0.341 e. The van der Waals surface area contributed by atoms with Crippen LogP contribution in [-0.4, -0.2) is 58.5 Å². The predicted octanol–water partition coefficient (Wildman–Crippen LogP) is 3.71. The molecule has 35 heavy (non-hydrogen) atoms. The van der Waals surface area contributed by atoms with Gasteiger partial charge < -0.3 is 10.4 Å². The second-order valence-corrected chi connectivity index (χ2v) is 11.7. The van der Waals surface area contributed by atoms with E-state index in [0.29, 0.717) is 10.8 Å².